The molecular weight excluding hydrogens is 325 g/mol. The van der Waals surface area contributed by atoms with Crippen LogP contribution in [-0.2, 0) is 9.47 Å². The number of hydrogen-bond acceptors (Lipinski definition) is 9. The van der Waals surface area contributed by atoms with Crippen LogP contribution in [0.4, 0.5) is 5.82 Å². The van der Waals surface area contributed by atoms with Crippen LogP contribution < -0.4 is 20.4 Å². The van der Waals surface area contributed by atoms with E-state index >= 15 is 0 Å². The summed E-state index contributed by atoms with van der Waals surface area (Å²) in [5.41, 5.74) is 6.59. The van der Waals surface area contributed by atoms with Gasteiger partial charge in [-0.05, 0) is 0 Å². The van der Waals surface area contributed by atoms with Crippen molar-refractivity contribution in [2.75, 3.05) is 12.1 Å². The zero-order valence-corrected chi connectivity index (χ0v) is 12.6. The van der Waals surface area contributed by atoms with Crippen molar-refractivity contribution in [3.63, 3.8) is 0 Å². The zero-order valence-electron chi connectivity index (χ0n) is 11.7. The van der Waals surface area contributed by atoms with Crippen molar-refractivity contribution in [2.45, 2.75) is 24.9 Å². The summed E-state index contributed by atoms with van der Waals surface area (Å²) in [5.74, 6) is 2.60. The first-order chi connectivity index (χ1) is 10.9. The van der Waals surface area contributed by atoms with Crippen LogP contribution in [0.1, 0.15) is 12.6 Å². The number of hydrogen-bond donors (Lipinski definition) is 1. The average molecular weight is 337 g/mol. The summed E-state index contributed by atoms with van der Waals surface area (Å²) in [4.78, 5) is 44.2. The van der Waals surface area contributed by atoms with E-state index in [4.69, 9.17) is 21.6 Å². The van der Waals surface area contributed by atoms with Crippen molar-refractivity contribution >= 4 is 24.9 Å². The molecule has 1 aliphatic heterocycles. The van der Waals surface area contributed by atoms with Crippen LogP contribution in [0.5, 0.6) is 0 Å². The molecule has 10 nitrogen and oxygen atoms in total. The van der Waals surface area contributed by atoms with Gasteiger partial charge in [0.2, 0.25) is 0 Å². The third-order valence-corrected chi connectivity index (χ3v) is 3.85. The monoisotopic (exact) mass is 337 g/mol. The number of rotatable bonds is 4. The van der Waals surface area contributed by atoms with Crippen LogP contribution in [-0.4, -0.2) is 38.1 Å². The van der Waals surface area contributed by atoms with Crippen molar-refractivity contribution in [2.24, 2.45) is 0 Å². The fourth-order valence-electron chi connectivity index (χ4n) is 2.38. The van der Waals surface area contributed by atoms with Crippen LogP contribution in [0.2, 0.25) is 0 Å². The van der Waals surface area contributed by atoms with Crippen molar-refractivity contribution in [1.29, 1.82) is 0 Å². The maximum atomic E-state index is 10.7. The van der Waals surface area contributed by atoms with Gasteiger partial charge in [-0.2, -0.15) is 0 Å². The maximum Gasteiger partial charge on any atom is 0.167 e. The lowest BCUT2D eigenvalue weighted by Crippen LogP contribution is -2.37. The minimum atomic E-state index is -4.78. The molecule has 2 aromatic rings. The predicted molar refractivity (Wildman–Crippen MR) is 73.8 cm³/mol. The molecular formula is C12H12N5O5P-2. The second-order valence-electron chi connectivity index (χ2n) is 4.94. The molecule has 0 saturated carbocycles. The number of imidazole rings is 1. The molecule has 0 aromatic carbocycles. The number of aromatic nitrogens is 4. The SMILES string of the molecule is C#C[C@@H]1O[C@@H](n2cnc3c(N)ncnc32)C[C@H]1OC[P+]([O-])([O-])[O-]. The fourth-order valence-corrected chi connectivity index (χ4v) is 2.76. The van der Waals surface area contributed by atoms with E-state index in [0.29, 0.717) is 11.2 Å². The maximum absolute atomic E-state index is 10.7. The minimum Gasteiger partial charge on any atom is -0.686 e. The van der Waals surface area contributed by atoms with E-state index in [1.165, 1.54) is 12.7 Å². The summed E-state index contributed by atoms with van der Waals surface area (Å²) in [5, 5.41) is 0. The summed E-state index contributed by atoms with van der Waals surface area (Å²) < 4.78 is 12.3. The van der Waals surface area contributed by atoms with Crippen molar-refractivity contribution < 1.29 is 24.2 Å². The second-order valence-corrected chi connectivity index (χ2v) is 6.42. The van der Waals surface area contributed by atoms with E-state index in [-0.39, 0.29) is 12.2 Å². The molecule has 2 aromatic heterocycles. The molecule has 122 valence electrons. The first kappa shape index (κ1) is 16.0. The number of terminal acetylenes is 1. The highest BCUT2D eigenvalue weighted by molar-refractivity contribution is 7.53. The molecule has 3 rings (SSSR count). The number of nitrogen functional groups attached to an aromatic ring is 1. The lowest BCUT2D eigenvalue weighted by molar-refractivity contribution is -0.432. The number of ether oxygens (including phenoxy) is 2. The molecule has 23 heavy (non-hydrogen) atoms. The van der Waals surface area contributed by atoms with Gasteiger partial charge in [-0.25, -0.2) is 15.0 Å². The standard InChI is InChI=1S/C12H14N5O5P/c1-2-7-8(21-6-23(18,19)20)3-9(22-7)17-5-16-10-11(13)14-4-15-12(10)17/h1,4-5,7-9H,3,6H2,(H2,13,14,15)(H2,18,19,20)/p-2/t7-,8+,9+/m0/s1. The molecule has 1 fully saturated rings. The highest BCUT2D eigenvalue weighted by Gasteiger charge is 2.37. The smallest absolute Gasteiger partial charge is 0.167 e. The van der Waals surface area contributed by atoms with Gasteiger partial charge in [0.05, 0.1) is 6.33 Å². The van der Waals surface area contributed by atoms with Gasteiger partial charge in [0.1, 0.15) is 36.6 Å². The van der Waals surface area contributed by atoms with Gasteiger partial charge >= 0.3 is 0 Å². The molecule has 1 saturated heterocycles. The Kier molecular flexibility index (Phi) is 4.16. The van der Waals surface area contributed by atoms with Gasteiger partial charge in [-0.1, -0.05) is 5.92 Å². The topological polar surface area (TPSA) is 157 Å². The summed E-state index contributed by atoms with van der Waals surface area (Å²) in [6.45, 7) is 0. The first-order valence-corrected chi connectivity index (χ1v) is 8.29. The first-order valence-electron chi connectivity index (χ1n) is 6.56. The Bertz CT molecular complexity index is 754. The predicted octanol–water partition coefficient (Wildman–Crippen LogP) is -2.48. The third kappa shape index (κ3) is 3.25. The van der Waals surface area contributed by atoms with Gasteiger partial charge in [0.15, 0.2) is 11.5 Å². The van der Waals surface area contributed by atoms with Gasteiger partial charge in [-0.15, -0.1) is 14.4 Å². The molecule has 3 atom stereocenters. The summed E-state index contributed by atoms with van der Waals surface area (Å²) in [6, 6.07) is 0. The van der Waals surface area contributed by atoms with Gasteiger partial charge in [0, 0.05) is 6.42 Å². The highest BCUT2D eigenvalue weighted by Crippen LogP contribution is 2.35. The van der Waals surface area contributed by atoms with E-state index in [1.807, 2.05) is 0 Å². The molecule has 0 unspecified atom stereocenters. The Labute approximate surface area is 131 Å². The zero-order chi connectivity index (χ0) is 16.6. The number of nitrogens with two attached hydrogens (primary N) is 1. The Morgan fingerprint density at radius 2 is 2.22 bits per heavy atom. The number of fused-ring (bicyclic) bond motifs is 1. The summed E-state index contributed by atoms with van der Waals surface area (Å²) in [7, 11) is -4.78. The van der Waals surface area contributed by atoms with Gasteiger partial charge in [0.25, 0.3) is 0 Å². The van der Waals surface area contributed by atoms with Gasteiger partial charge in [-0.3, -0.25) is 4.57 Å². The fraction of sp³-hybridized carbons (Fsp3) is 0.417. The van der Waals surface area contributed by atoms with Crippen molar-refractivity contribution in [3.8, 4) is 12.3 Å². The molecule has 0 bridgehead atoms. The van der Waals surface area contributed by atoms with Crippen LogP contribution in [0.15, 0.2) is 12.7 Å². The van der Waals surface area contributed by atoms with Crippen LogP contribution >= 0.6 is 7.94 Å². The van der Waals surface area contributed by atoms with Crippen LogP contribution in [0, 0.1) is 12.3 Å². The lowest BCUT2D eigenvalue weighted by atomic mass is 10.2. The van der Waals surface area contributed by atoms with E-state index in [2.05, 4.69) is 20.9 Å². The number of nitrogens with zero attached hydrogens (tertiary/aromatic N) is 4. The normalized spacial score (nSPS) is 24.9. The quantitative estimate of drug-likeness (QED) is 0.471. The Hall–Kier alpha value is -1.86. The van der Waals surface area contributed by atoms with Crippen LogP contribution in [0.25, 0.3) is 11.2 Å². The van der Waals surface area contributed by atoms with Crippen molar-refractivity contribution in [3.05, 3.63) is 12.7 Å². The number of anilines is 1. The minimum absolute atomic E-state index is 0.228. The molecule has 0 radical (unpaired) electrons. The van der Waals surface area contributed by atoms with Crippen LogP contribution in [0.3, 0.4) is 0 Å². The molecule has 3 heterocycles. The van der Waals surface area contributed by atoms with E-state index in [9.17, 15) is 14.7 Å². The lowest BCUT2D eigenvalue weighted by Gasteiger charge is -2.41. The summed E-state index contributed by atoms with van der Waals surface area (Å²) >= 11 is 0. The van der Waals surface area contributed by atoms with E-state index < -0.39 is 32.7 Å². The average Bonchev–Trinajstić information content (AvgIpc) is 3.08. The van der Waals surface area contributed by atoms with Crippen molar-refractivity contribution in [1.82, 2.24) is 19.5 Å². The molecule has 0 amide bonds. The van der Waals surface area contributed by atoms with E-state index in [0.717, 1.165) is 0 Å². The molecule has 0 spiro atoms. The Morgan fingerprint density at radius 1 is 1.43 bits per heavy atom. The second kappa shape index (κ2) is 5.98. The molecule has 2 N–H and O–H groups in total. The Morgan fingerprint density at radius 3 is 2.91 bits per heavy atom. The molecule has 11 heteroatoms. The summed E-state index contributed by atoms with van der Waals surface area (Å²) in [6.07, 6.45) is 5.35. The van der Waals surface area contributed by atoms with Gasteiger partial charge < -0.3 is 29.9 Å². The highest BCUT2D eigenvalue weighted by atomic mass is 31.2. The Balaban J connectivity index is 1.81. The largest absolute Gasteiger partial charge is 0.686 e. The molecule has 1 aliphatic rings. The molecule has 0 aliphatic carbocycles. The third-order valence-electron chi connectivity index (χ3n) is 3.38. The van der Waals surface area contributed by atoms with E-state index in [1.54, 1.807) is 4.57 Å².